The van der Waals surface area contributed by atoms with Gasteiger partial charge in [0.15, 0.2) is 11.5 Å². The minimum Gasteiger partial charge on any atom is -0.292 e. The van der Waals surface area contributed by atoms with E-state index in [0.717, 1.165) is 16.9 Å². The van der Waals surface area contributed by atoms with Crippen molar-refractivity contribution in [2.75, 3.05) is 0 Å². The fourth-order valence-electron chi connectivity index (χ4n) is 2.46. The first-order valence-corrected chi connectivity index (χ1v) is 6.22. The number of nitrogens with zero attached hydrogens (tertiary/aromatic N) is 3. The minimum atomic E-state index is -4.65. The van der Waals surface area contributed by atoms with Crippen molar-refractivity contribution in [3.8, 4) is 5.69 Å². The highest BCUT2D eigenvalue weighted by Gasteiger charge is 2.41. The molecule has 0 amide bonds. The molecule has 4 nitrogen and oxygen atoms in total. The number of hydrogen-bond acceptors (Lipinski definition) is 3. The molecular weight excluding hydrogens is 290 g/mol. The van der Waals surface area contributed by atoms with Gasteiger partial charge in [-0.1, -0.05) is 0 Å². The monoisotopic (exact) mass is 299 g/mol. The number of fused-ring (bicyclic) bond motifs is 1. The van der Waals surface area contributed by atoms with Crippen molar-refractivity contribution in [2.45, 2.75) is 25.4 Å². The van der Waals surface area contributed by atoms with Crippen LogP contribution in [0, 0.1) is 5.95 Å². The summed E-state index contributed by atoms with van der Waals surface area (Å²) in [4.78, 5) is 15.3. The molecule has 2 aromatic rings. The molecule has 0 aliphatic heterocycles. The highest BCUT2D eigenvalue weighted by molar-refractivity contribution is 5.97. The lowest BCUT2D eigenvalue weighted by molar-refractivity contribution is -0.142. The van der Waals surface area contributed by atoms with Crippen molar-refractivity contribution >= 4 is 5.78 Å². The Balaban J connectivity index is 2.26. The largest absolute Gasteiger partial charge is 0.435 e. The van der Waals surface area contributed by atoms with Crippen LogP contribution in [-0.4, -0.2) is 20.5 Å². The number of aromatic nitrogens is 3. The molecule has 21 heavy (non-hydrogen) atoms. The Morgan fingerprint density at radius 1 is 1.24 bits per heavy atom. The van der Waals surface area contributed by atoms with Crippen molar-refractivity contribution < 1.29 is 22.4 Å². The van der Waals surface area contributed by atoms with Crippen LogP contribution in [0.2, 0.25) is 0 Å². The second-order valence-electron chi connectivity index (χ2n) is 4.70. The van der Waals surface area contributed by atoms with Gasteiger partial charge >= 0.3 is 6.18 Å². The van der Waals surface area contributed by atoms with Crippen LogP contribution >= 0.6 is 0 Å². The average molecular weight is 299 g/mol. The van der Waals surface area contributed by atoms with Crippen LogP contribution in [0.25, 0.3) is 5.69 Å². The number of Topliss-reactive ketones (excluding diaryl/α,β-unsaturated/α-hetero) is 1. The van der Waals surface area contributed by atoms with Crippen LogP contribution in [-0.2, 0) is 12.6 Å². The molecule has 0 radical (unpaired) electrons. The average Bonchev–Trinajstić information content (AvgIpc) is 2.79. The smallest absolute Gasteiger partial charge is 0.292 e. The number of alkyl halides is 3. The lowest BCUT2D eigenvalue weighted by Gasteiger charge is -2.13. The molecule has 0 unspecified atom stereocenters. The molecule has 1 aliphatic carbocycles. The number of halogens is 4. The lowest BCUT2D eigenvalue weighted by atomic mass is 9.94. The lowest BCUT2D eigenvalue weighted by Crippen LogP contribution is -2.16. The molecule has 2 heterocycles. The van der Waals surface area contributed by atoms with Crippen LogP contribution in [0.15, 0.2) is 18.3 Å². The number of carbonyl (C=O) groups excluding carboxylic acids is 1. The van der Waals surface area contributed by atoms with Gasteiger partial charge in [-0.15, -0.1) is 0 Å². The van der Waals surface area contributed by atoms with E-state index in [9.17, 15) is 22.4 Å². The van der Waals surface area contributed by atoms with E-state index in [-0.39, 0.29) is 29.8 Å². The number of pyridine rings is 1. The molecule has 0 saturated heterocycles. The summed E-state index contributed by atoms with van der Waals surface area (Å²) in [6.07, 6.45) is -2.91. The van der Waals surface area contributed by atoms with E-state index in [0.29, 0.717) is 6.42 Å². The van der Waals surface area contributed by atoms with Crippen molar-refractivity contribution in [3.63, 3.8) is 0 Å². The van der Waals surface area contributed by atoms with Crippen molar-refractivity contribution in [1.29, 1.82) is 0 Å². The third-order valence-corrected chi connectivity index (χ3v) is 3.30. The highest BCUT2D eigenvalue weighted by atomic mass is 19.4. The zero-order chi connectivity index (χ0) is 15.2. The summed E-state index contributed by atoms with van der Waals surface area (Å²) in [6.45, 7) is 0. The second kappa shape index (κ2) is 4.64. The van der Waals surface area contributed by atoms with E-state index < -0.39 is 23.6 Å². The third-order valence-electron chi connectivity index (χ3n) is 3.30. The summed E-state index contributed by atoms with van der Waals surface area (Å²) in [5.74, 6) is -1.27. The molecule has 0 saturated carbocycles. The molecule has 0 spiro atoms. The van der Waals surface area contributed by atoms with Crippen LogP contribution in [0.3, 0.4) is 0 Å². The fourth-order valence-corrected chi connectivity index (χ4v) is 2.46. The number of hydrogen-bond donors (Lipinski definition) is 0. The zero-order valence-electron chi connectivity index (χ0n) is 10.6. The maximum atomic E-state index is 13.2. The van der Waals surface area contributed by atoms with Crippen molar-refractivity contribution in [2.24, 2.45) is 0 Å². The van der Waals surface area contributed by atoms with E-state index in [2.05, 4.69) is 10.1 Å². The summed E-state index contributed by atoms with van der Waals surface area (Å²) in [7, 11) is 0. The summed E-state index contributed by atoms with van der Waals surface area (Å²) < 4.78 is 53.1. The molecule has 8 heteroatoms. The molecule has 0 fully saturated rings. The first-order valence-electron chi connectivity index (χ1n) is 6.22. The predicted molar refractivity (Wildman–Crippen MR) is 63.6 cm³/mol. The van der Waals surface area contributed by atoms with Gasteiger partial charge < -0.3 is 0 Å². The van der Waals surface area contributed by atoms with E-state index in [1.165, 1.54) is 6.07 Å². The van der Waals surface area contributed by atoms with Crippen LogP contribution in [0.1, 0.15) is 34.6 Å². The Kier molecular flexibility index (Phi) is 3.03. The van der Waals surface area contributed by atoms with Gasteiger partial charge in [0, 0.05) is 24.2 Å². The van der Waals surface area contributed by atoms with Gasteiger partial charge in [0.05, 0.1) is 5.69 Å². The van der Waals surface area contributed by atoms with Crippen LogP contribution in [0.4, 0.5) is 17.6 Å². The quantitative estimate of drug-likeness (QED) is 0.601. The van der Waals surface area contributed by atoms with Gasteiger partial charge in [-0.2, -0.15) is 22.7 Å². The Morgan fingerprint density at radius 2 is 2.00 bits per heavy atom. The first kappa shape index (κ1) is 13.7. The molecule has 2 aromatic heterocycles. The Hall–Kier alpha value is -2.25. The number of rotatable bonds is 1. The van der Waals surface area contributed by atoms with Gasteiger partial charge in [-0.25, -0.2) is 9.67 Å². The molecular formula is C13H9F4N3O. The SMILES string of the molecule is O=C1CCCc2c(C(F)(F)F)nn(-c3ccnc(F)c3)c21. The van der Waals surface area contributed by atoms with E-state index in [1.807, 2.05) is 0 Å². The third kappa shape index (κ3) is 2.30. The number of carbonyl (C=O) groups is 1. The molecule has 0 aromatic carbocycles. The van der Waals surface area contributed by atoms with E-state index >= 15 is 0 Å². The maximum absolute atomic E-state index is 13.2. The predicted octanol–water partition coefficient (Wildman–Crippen LogP) is 2.94. The Bertz CT molecular complexity index is 721. The zero-order valence-corrected chi connectivity index (χ0v) is 10.6. The minimum absolute atomic E-state index is 0.0458. The van der Waals surface area contributed by atoms with Crippen molar-refractivity contribution in [3.05, 3.63) is 41.2 Å². The fraction of sp³-hybridized carbons (Fsp3) is 0.308. The molecule has 3 rings (SSSR count). The van der Waals surface area contributed by atoms with E-state index in [4.69, 9.17) is 0 Å². The Morgan fingerprint density at radius 3 is 2.67 bits per heavy atom. The molecule has 0 atom stereocenters. The normalized spacial score (nSPS) is 15.1. The van der Waals surface area contributed by atoms with Gasteiger partial charge in [0.25, 0.3) is 0 Å². The summed E-state index contributed by atoms with van der Waals surface area (Å²) in [5, 5.41) is 3.50. The first-order chi connectivity index (χ1) is 9.88. The Labute approximate surface area is 116 Å². The second-order valence-corrected chi connectivity index (χ2v) is 4.70. The molecule has 0 bridgehead atoms. The van der Waals surface area contributed by atoms with Gasteiger partial charge in [-0.3, -0.25) is 4.79 Å². The highest BCUT2D eigenvalue weighted by Crippen LogP contribution is 2.36. The van der Waals surface area contributed by atoms with E-state index in [1.54, 1.807) is 0 Å². The van der Waals surface area contributed by atoms with Gasteiger partial charge in [0.2, 0.25) is 5.95 Å². The van der Waals surface area contributed by atoms with Crippen LogP contribution < -0.4 is 0 Å². The van der Waals surface area contributed by atoms with Crippen molar-refractivity contribution in [1.82, 2.24) is 14.8 Å². The maximum Gasteiger partial charge on any atom is 0.435 e. The summed E-state index contributed by atoms with van der Waals surface area (Å²) in [5.41, 5.74) is -1.26. The summed E-state index contributed by atoms with van der Waals surface area (Å²) >= 11 is 0. The molecule has 110 valence electrons. The standard InChI is InChI=1S/C13H9F4N3O/c14-10-6-7(4-5-18-10)20-11-8(2-1-3-9(11)21)12(19-20)13(15,16)17/h4-6H,1-3H2. The van der Waals surface area contributed by atoms with Gasteiger partial charge in [0.1, 0.15) is 5.69 Å². The topological polar surface area (TPSA) is 47.8 Å². The van der Waals surface area contributed by atoms with Gasteiger partial charge in [-0.05, 0) is 18.9 Å². The summed E-state index contributed by atoms with van der Waals surface area (Å²) in [6, 6.07) is 2.24. The molecule has 0 N–H and O–H groups in total. The van der Waals surface area contributed by atoms with Crippen LogP contribution in [0.5, 0.6) is 0 Å². The molecule has 1 aliphatic rings. The number of ketones is 1.